The van der Waals surface area contributed by atoms with Crippen molar-refractivity contribution >= 4 is 39.7 Å². The Hall–Kier alpha value is -3.10. The van der Waals surface area contributed by atoms with E-state index in [0.717, 1.165) is 10.6 Å². The van der Waals surface area contributed by atoms with Crippen LogP contribution in [0, 0.1) is 6.92 Å². The van der Waals surface area contributed by atoms with Crippen LogP contribution in [0.15, 0.2) is 69.7 Å². The average Bonchev–Trinajstić information content (AvgIpc) is 3.14. The molecule has 4 rings (SSSR count). The molecule has 2 aromatic carbocycles. The highest BCUT2D eigenvalue weighted by atomic mass is 32.2. The Kier molecular flexibility index (Phi) is 5.87. The molecule has 30 heavy (non-hydrogen) atoms. The fraction of sp³-hybridized carbons (Fsp3) is 0.136. The van der Waals surface area contributed by atoms with Gasteiger partial charge in [-0.05, 0) is 43.3 Å². The van der Waals surface area contributed by atoms with Gasteiger partial charge in [-0.25, -0.2) is 4.98 Å². The highest BCUT2D eigenvalue weighted by molar-refractivity contribution is 7.98. The minimum absolute atomic E-state index is 0.0737. The van der Waals surface area contributed by atoms with Crippen molar-refractivity contribution in [2.45, 2.75) is 17.6 Å². The van der Waals surface area contributed by atoms with Crippen LogP contribution in [-0.4, -0.2) is 22.4 Å². The number of aryl methyl sites for hydroxylation is 1. The van der Waals surface area contributed by atoms with Gasteiger partial charge < -0.3 is 10.1 Å². The average molecular weight is 438 g/mol. The quantitative estimate of drug-likeness (QED) is 0.446. The van der Waals surface area contributed by atoms with E-state index in [1.54, 1.807) is 41.8 Å². The van der Waals surface area contributed by atoms with Crippen LogP contribution in [0.4, 0.5) is 5.69 Å². The number of thioether (sulfide) groups is 1. The van der Waals surface area contributed by atoms with E-state index < -0.39 is 0 Å². The van der Waals surface area contributed by atoms with Gasteiger partial charge in [0, 0.05) is 33.4 Å². The molecule has 0 bridgehead atoms. The summed E-state index contributed by atoms with van der Waals surface area (Å²) in [6.45, 7) is 1.89. The third-order valence-corrected chi connectivity index (χ3v) is 6.54. The number of nitrogens with one attached hydrogen (secondary N) is 1. The summed E-state index contributed by atoms with van der Waals surface area (Å²) < 4.78 is 6.75. The van der Waals surface area contributed by atoms with Crippen LogP contribution in [0.25, 0.3) is 4.96 Å². The van der Waals surface area contributed by atoms with Crippen molar-refractivity contribution in [3.63, 3.8) is 0 Å². The van der Waals surface area contributed by atoms with E-state index in [0.29, 0.717) is 33.4 Å². The number of ether oxygens (including phenoxy) is 1. The Bertz CT molecular complexity index is 1260. The smallest absolute Gasteiger partial charge is 0.258 e. The van der Waals surface area contributed by atoms with Gasteiger partial charge in [-0.2, -0.15) is 0 Å². The van der Waals surface area contributed by atoms with Gasteiger partial charge in [-0.1, -0.05) is 12.1 Å². The number of para-hydroxylation sites is 1. The third kappa shape index (κ3) is 4.24. The largest absolute Gasteiger partial charge is 0.497 e. The van der Waals surface area contributed by atoms with E-state index in [1.165, 1.54) is 23.1 Å². The number of rotatable bonds is 6. The van der Waals surface area contributed by atoms with Crippen LogP contribution >= 0.6 is 23.1 Å². The minimum atomic E-state index is -0.197. The molecule has 0 saturated carbocycles. The number of methoxy groups -OCH3 is 1. The molecule has 2 heterocycles. The van der Waals surface area contributed by atoms with Gasteiger partial charge in [-0.3, -0.25) is 14.0 Å². The molecule has 0 radical (unpaired) electrons. The van der Waals surface area contributed by atoms with E-state index in [-0.39, 0.29) is 11.5 Å². The molecule has 0 aliphatic rings. The number of nitrogens with zero attached hydrogens (tertiary/aromatic N) is 2. The van der Waals surface area contributed by atoms with Gasteiger partial charge in [0.1, 0.15) is 5.75 Å². The summed E-state index contributed by atoms with van der Waals surface area (Å²) in [6, 6.07) is 16.1. The summed E-state index contributed by atoms with van der Waals surface area (Å²) >= 11 is 2.98. The van der Waals surface area contributed by atoms with Gasteiger partial charge in [0.2, 0.25) is 0 Å². The van der Waals surface area contributed by atoms with Crippen molar-refractivity contribution in [3.8, 4) is 5.75 Å². The first-order valence-electron chi connectivity index (χ1n) is 9.19. The first kappa shape index (κ1) is 20.2. The van der Waals surface area contributed by atoms with Crippen LogP contribution in [0.1, 0.15) is 21.7 Å². The monoisotopic (exact) mass is 437 g/mol. The number of aromatic nitrogens is 2. The molecule has 1 N–H and O–H groups in total. The number of hydrogen-bond acceptors (Lipinski definition) is 6. The number of thiazole rings is 1. The van der Waals surface area contributed by atoms with Gasteiger partial charge in [-0.15, -0.1) is 23.1 Å². The number of hydrogen-bond donors (Lipinski definition) is 1. The third-order valence-electron chi connectivity index (χ3n) is 4.49. The van der Waals surface area contributed by atoms with Crippen molar-refractivity contribution in [1.29, 1.82) is 0 Å². The van der Waals surface area contributed by atoms with E-state index in [2.05, 4.69) is 10.3 Å². The lowest BCUT2D eigenvalue weighted by atomic mass is 10.2. The van der Waals surface area contributed by atoms with Gasteiger partial charge in [0.05, 0.1) is 18.5 Å². The lowest BCUT2D eigenvalue weighted by Gasteiger charge is -2.11. The number of carbonyl (C=O) groups excluding carboxylic acids is 1. The number of carbonyl (C=O) groups is 1. The molecule has 0 fully saturated rings. The van der Waals surface area contributed by atoms with Crippen molar-refractivity contribution in [2.75, 3.05) is 12.4 Å². The summed E-state index contributed by atoms with van der Waals surface area (Å²) in [4.78, 5) is 31.2. The summed E-state index contributed by atoms with van der Waals surface area (Å²) in [5.74, 6) is 1.03. The number of fused-ring (bicyclic) bond motifs is 1. The lowest BCUT2D eigenvalue weighted by Crippen LogP contribution is -2.14. The van der Waals surface area contributed by atoms with Crippen LogP contribution in [0.2, 0.25) is 0 Å². The van der Waals surface area contributed by atoms with Crippen molar-refractivity contribution in [1.82, 2.24) is 9.38 Å². The highest BCUT2D eigenvalue weighted by Gasteiger charge is 2.11. The highest BCUT2D eigenvalue weighted by Crippen LogP contribution is 2.30. The normalized spacial score (nSPS) is 10.9. The molecule has 6 nitrogen and oxygen atoms in total. The Morgan fingerprint density at radius 1 is 1.20 bits per heavy atom. The lowest BCUT2D eigenvalue weighted by molar-refractivity contribution is 0.102. The molecular formula is C22H19N3O3S2. The summed E-state index contributed by atoms with van der Waals surface area (Å²) in [5.41, 5.74) is 2.79. The molecule has 0 aliphatic heterocycles. The zero-order valence-electron chi connectivity index (χ0n) is 16.4. The van der Waals surface area contributed by atoms with E-state index in [9.17, 15) is 9.59 Å². The number of amides is 1. The first-order chi connectivity index (χ1) is 14.5. The molecule has 1 amide bonds. The first-order valence-corrected chi connectivity index (χ1v) is 11.1. The van der Waals surface area contributed by atoms with Crippen molar-refractivity contribution < 1.29 is 9.53 Å². The van der Waals surface area contributed by atoms with E-state index in [4.69, 9.17) is 4.74 Å². The van der Waals surface area contributed by atoms with Crippen LogP contribution in [0.5, 0.6) is 5.75 Å². The summed E-state index contributed by atoms with van der Waals surface area (Å²) in [5, 5.41) is 4.88. The zero-order valence-corrected chi connectivity index (χ0v) is 18.0. The molecule has 0 spiro atoms. The van der Waals surface area contributed by atoms with Gasteiger partial charge in [0.15, 0.2) is 4.96 Å². The molecule has 152 valence electrons. The second-order valence-electron chi connectivity index (χ2n) is 6.55. The molecule has 0 atom stereocenters. The van der Waals surface area contributed by atoms with Crippen LogP contribution < -0.4 is 15.6 Å². The number of anilines is 1. The fourth-order valence-electron chi connectivity index (χ4n) is 2.96. The molecule has 4 aromatic rings. The number of benzene rings is 2. The predicted octanol–water partition coefficient (Wildman–Crippen LogP) is 4.62. The second-order valence-corrected chi connectivity index (χ2v) is 8.40. The van der Waals surface area contributed by atoms with Gasteiger partial charge in [0.25, 0.3) is 11.5 Å². The van der Waals surface area contributed by atoms with E-state index in [1.807, 2.05) is 36.6 Å². The predicted molar refractivity (Wildman–Crippen MR) is 121 cm³/mol. The van der Waals surface area contributed by atoms with E-state index >= 15 is 0 Å². The topological polar surface area (TPSA) is 72.7 Å². The molecule has 2 aromatic heterocycles. The Balaban J connectivity index is 1.50. The summed E-state index contributed by atoms with van der Waals surface area (Å²) in [7, 11) is 1.59. The second kappa shape index (κ2) is 8.73. The molecule has 0 unspecified atom stereocenters. The molecule has 0 aliphatic carbocycles. The standard InChI is InChI=1S/C22H19N3O3S2/c1-14-12-30-22-23-16(11-20(26)25(14)22)13-29-19-6-4-3-5-18(19)24-21(27)15-7-9-17(28-2)10-8-15/h3-12H,13H2,1-2H3,(H,24,27). The van der Waals surface area contributed by atoms with Crippen LogP contribution in [0.3, 0.4) is 0 Å². The SMILES string of the molecule is COc1ccc(C(=O)Nc2ccccc2SCc2cc(=O)n3c(C)csc3n2)cc1. The maximum absolute atomic E-state index is 12.6. The molecule has 0 saturated heterocycles. The zero-order chi connectivity index (χ0) is 21.1. The van der Waals surface area contributed by atoms with Crippen molar-refractivity contribution in [2.24, 2.45) is 0 Å². The maximum atomic E-state index is 12.6. The Morgan fingerprint density at radius 2 is 1.97 bits per heavy atom. The Labute approximate surface area is 181 Å². The van der Waals surface area contributed by atoms with Gasteiger partial charge >= 0.3 is 0 Å². The maximum Gasteiger partial charge on any atom is 0.258 e. The molecule has 8 heteroatoms. The molecular weight excluding hydrogens is 418 g/mol. The minimum Gasteiger partial charge on any atom is -0.497 e. The summed E-state index contributed by atoms with van der Waals surface area (Å²) in [6.07, 6.45) is 0. The van der Waals surface area contributed by atoms with Crippen LogP contribution in [-0.2, 0) is 5.75 Å². The fourth-order valence-corrected chi connectivity index (χ4v) is 4.75. The van der Waals surface area contributed by atoms with Crippen molar-refractivity contribution in [3.05, 3.63) is 87.3 Å². The Morgan fingerprint density at radius 3 is 2.73 bits per heavy atom.